The lowest BCUT2D eigenvalue weighted by Gasteiger charge is -2.15. The van der Waals surface area contributed by atoms with Gasteiger partial charge in [0.05, 0.1) is 18.1 Å². The minimum absolute atomic E-state index is 0.106. The van der Waals surface area contributed by atoms with Crippen LogP contribution in [-0.4, -0.2) is 47.5 Å². The lowest BCUT2D eigenvalue weighted by Crippen LogP contribution is -2.23. The van der Waals surface area contributed by atoms with Crippen LogP contribution >= 0.6 is 0 Å². The van der Waals surface area contributed by atoms with Gasteiger partial charge < -0.3 is 14.7 Å². The second kappa shape index (κ2) is 5.13. The van der Waals surface area contributed by atoms with Crippen molar-refractivity contribution in [2.75, 3.05) is 26.7 Å². The maximum atomic E-state index is 11.0. The Morgan fingerprint density at radius 3 is 2.84 bits per heavy atom. The van der Waals surface area contributed by atoms with Crippen LogP contribution in [0.2, 0.25) is 0 Å². The lowest BCUT2D eigenvalue weighted by molar-refractivity contribution is -0.386. The van der Waals surface area contributed by atoms with E-state index >= 15 is 0 Å². The number of likely N-dealkylation sites (N-methyl/N-ethyl adjacent to an activating group) is 1. The van der Waals surface area contributed by atoms with E-state index in [9.17, 15) is 15.2 Å². The summed E-state index contributed by atoms with van der Waals surface area (Å²) in [6.07, 6.45) is 0. The number of hydrogen-bond donors (Lipinski definition) is 1. The van der Waals surface area contributed by atoms with Crippen molar-refractivity contribution in [3.8, 4) is 11.5 Å². The minimum atomic E-state index is -0.628. The molecule has 1 aliphatic heterocycles. The van der Waals surface area contributed by atoms with Crippen LogP contribution in [0.15, 0.2) is 17.1 Å². The molecule has 0 fully saturated rings. The number of aromatic hydroxyl groups is 1. The van der Waals surface area contributed by atoms with Gasteiger partial charge in [0.15, 0.2) is 5.75 Å². The van der Waals surface area contributed by atoms with Gasteiger partial charge >= 0.3 is 5.69 Å². The second-order valence-corrected chi connectivity index (χ2v) is 4.16. The molecule has 0 spiro atoms. The highest BCUT2D eigenvalue weighted by Gasteiger charge is 2.24. The first kappa shape index (κ1) is 13.1. The van der Waals surface area contributed by atoms with Gasteiger partial charge in [-0.1, -0.05) is 0 Å². The van der Waals surface area contributed by atoms with Crippen LogP contribution in [0.25, 0.3) is 0 Å². The van der Waals surface area contributed by atoms with Crippen LogP contribution in [-0.2, 0) is 0 Å². The van der Waals surface area contributed by atoms with Crippen LogP contribution in [0.3, 0.4) is 0 Å². The molecule has 0 radical (unpaired) electrons. The number of aliphatic imine (C=N–C) groups is 1. The Bertz CT molecular complexity index is 542. The fourth-order valence-corrected chi connectivity index (χ4v) is 1.97. The quantitative estimate of drug-likeness (QED) is 0.656. The maximum Gasteiger partial charge on any atom is 0.315 e. The molecular formula is C12H15N3O4. The molecule has 2 rings (SSSR count). The van der Waals surface area contributed by atoms with Crippen LogP contribution in [0, 0.1) is 10.1 Å². The Hall–Kier alpha value is -2.31. The predicted octanol–water partition coefficient (Wildman–Crippen LogP) is 1.39. The van der Waals surface area contributed by atoms with E-state index in [1.807, 2.05) is 11.9 Å². The Balaban J connectivity index is 2.53. The summed E-state index contributed by atoms with van der Waals surface area (Å²) in [5.41, 5.74) is 0.205. The molecule has 0 aliphatic carbocycles. The molecule has 1 aromatic carbocycles. The second-order valence-electron chi connectivity index (χ2n) is 4.16. The number of ether oxygens (including phenoxy) is 1. The topological polar surface area (TPSA) is 88.2 Å². The van der Waals surface area contributed by atoms with Crippen molar-refractivity contribution in [2.45, 2.75) is 6.92 Å². The number of phenolic OH excluding ortho intramolecular Hbond substituents is 1. The summed E-state index contributed by atoms with van der Waals surface area (Å²) in [6, 6.07) is 2.89. The summed E-state index contributed by atoms with van der Waals surface area (Å²) in [6.45, 7) is 3.49. The smallest absolute Gasteiger partial charge is 0.315 e. The average Bonchev–Trinajstić information content (AvgIpc) is 2.78. The zero-order chi connectivity index (χ0) is 14.0. The molecule has 0 saturated carbocycles. The number of hydrogen-bond acceptors (Lipinski definition) is 6. The predicted molar refractivity (Wildman–Crippen MR) is 70.0 cm³/mol. The van der Waals surface area contributed by atoms with E-state index in [1.54, 1.807) is 13.0 Å². The Labute approximate surface area is 110 Å². The third-order valence-corrected chi connectivity index (χ3v) is 2.87. The molecule has 7 heteroatoms. The van der Waals surface area contributed by atoms with Gasteiger partial charge in [-0.05, 0) is 13.0 Å². The molecule has 7 nitrogen and oxygen atoms in total. The molecule has 0 atom stereocenters. The van der Waals surface area contributed by atoms with Crippen molar-refractivity contribution < 1.29 is 14.8 Å². The van der Waals surface area contributed by atoms with E-state index in [1.165, 1.54) is 6.07 Å². The number of phenols is 1. The molecule has 102 valence electrons. The molecule has 1 N–H and O–H groups in total. The van der Waals surface area contributed by atoms with Crippen LogP contribution in [0.4, 0.5) is 5.69 Å². The molecule has 0 unspecified atom stereocenters. The number of nitro groups is 1. The standard InChI is InChI=1S/C12H15N3O4/c1-3-19-10-7-8(12-13-4-5-14(12)2)6-9(11(10)16)15(17)18/h6-7,16H,3-5H2,1-2H3. The highest BCUT2D eigenvalue weighted by molar-refractivity contribution is 6.01. The third-order valence-electron chi connectivity index (χ3n) is 2.87. The van der Waals surface area contributed by atoms with Gasteiger partial charge in [-0.2, -0.15) is 0 Å². The van der Waals surface area contributed by atoms with Gasteiger partial charge in [0, 0.05) is 25.2 Å². The highest BCUT2D eigenvalue weighted by atomic mass is 16.6. The number of nitro benzene ring substituents is 1. The van der Waals surface area contributed by atoms with Crippen molar-refractivity contribution in [3.63, 3.8) is 0 Å². The first-order chi connectivity index (χ1) is 9.04. The SMILES string of the molecule is CCOc1cc(C2=NCCN2C)cc([N+](=O)[O-])c1O. The van der Waals surface area contributed by atoms with Crippen molar-refractivity contribution in [1.29, 1.82) is 0 Å². The Kier molecular flexibility index (Phi) is 3.55. The summed E-state index contributed by atoms with van der Waals surface area (Å²) < 4.78 is 5.23. The highest BCUT2D eigenvalue weighted by Crippen LogP contribution is 2.37. The first-order valence-corrected chi connectivity index (χ1v) is 5.94. The molecule has 1 aliphatic rings. The monoisotopic (exact) mass is 265 g/mol. The summed E-state index contributed by atoms with van der Waals surface area (Å²) in [7, 11) is 1.87. The number of rotatable bonds is 4. The molecule has 1 heterocycles. The summed E-state index contributed by atoms with van der Waals surface area (Å²) in [4.78, 5) is 16.5. The van der Waals surface area contributed by atoms with Gasteiger partial charge in [0.2, 0.25) is 5.75 Å². The largest absolute Gasteiger partial charge is 0.500 e. The molecule has 0 aromatic heterocycles. The Morgan fingerprint density at radius 1 is 1.58 bits per heavy atom. The fraction of sp³-hybridized carbons (Fsp3) is 0.417. The van der Waals surface area contributed by atoms with Crippen molar-refractivity contribution in [2.24, 2.45) is 4.99 Å². The van der Waals surface area contributed by atoms with E-state index in [0.717, 1.165) is 6.54 Å². The first-order valence-electron chi connectivity index (χ1n) is 5.94. The lowest BCUT2D eigenvalue weighted by atomic mass is 10.1. The van der Waals surface area contributed by atoms with Gasteiger partial charge in [-0.15, -0.1) is 0 Å². The number of nitrogens with zero attached hydrogens (tertiary/aromatic N) is 3. The number of amidine groups is 1. The zero-order valence-electron chi connectivity index (χ0n) is 10.8. The number of benzene rings is 1. The molecule has 0 amide bonds. The maximum absolute atomic E-state index is 11.0. The van der Waals surface area contributed by atoms with E-state index < -0.39 is 10.7 Å². The summed E-state index contributed by atoms with van der Waals surface area (Å²) in [5.74, 6) is 0.329. The van der Waals surface area contributed by atoms with Gasteiger partial charge in [0.1, 0.15) is 5.84 Å². The fourth-order valence-electron chi connectivity index (χ4n) is 1.97. The molecule has 19 heavy (non-hydrogen) atoms. The van der Waals surface area contributed by atoms with E-state index in [4.69, 9.17) is 4.74 Å². The Morgan fingerprint density at radius 2 is 2.32 bits per heavy atom. The van der Waals surface area contributed by atoms with Crippen molar-refractivity contribution in [1.82, 2.24) is 4.90 Å². The average molecular weight is 265 g/mol. The van der Waals surface area contributed by atoms with E-state index in [0.29, 0.717) is 24.6 Å². The molecule has 1 aromatic rings. The normalized spacial score (nSPS) is 14.4. The minimum Gasteiger partial charge on any atom is -0.500 e. The molecule has 0 saturated heterocycles. The molecule has 0 bridgehead atoms. The van der Waals surface area contributed by atoms with E-state index in [-0.39, 0.29) is 11.4 Å². The van der Waals surface area contributed by atoms with Crippen molar-refractivity contribution in [3.05, 3.63) is 27.8 Å². The van der Waals surface area contributed by atoms with Crippen LogP contribution < -0.4 is 4.74 Å². The van der Waals surface area contributed by atoms with E-state index in [2.05, 4.69) is 4.99 Å². The molecular weight excluding hydrogens is 250 g/mol. The van der Waals surface area contributed by atoms with Gasteiger partial charge in [0.25, 0.3) is 0 Å². The van der Waals surface area contributed by atoms with Crippen LogP contribution in [0.5, 0.6) is 11.5 Å². The summed E-state index contributed by atoms with van der Waals surface area (Å²) in [5, 5.41) is 20.8. The van der Waals surface area contributed by atoms with Crippen LogP contribution in [0.1, 0.15) is 12.5 Å². The van der Waals surface area contributed by atoms with Crippen molar-refractivity contribution >= 4 is 11.5 Å². The zero-order valence-corrected chi connectivity index (χ0v) is 10.8. The van der Waals surface area contributed by atoms with Gasteiger partial charge in [-0.3, -0.25) is 15.1 Å². The third kappa shape index (κ3) is 2.44. The summed E-state index contributed by atoms with van der Waals surface area (Å²) >= 11 is 0. The van der Waals surface area contributed by atoms with Gasteiger partial charge in [-0.25, -0.2) is 0 Å².